The van der Waals surface area contributed by atoms with Gasteiger partial charge in [-0.05, 0) is 39.7 Å². The van der Waals surface area contributed by atoms with Gasteiger partial charge in [0.1, 0.15) is 5.82 Å². The third-order valence-corrected chi connectivity index (χ3v) is 2.20. The molecule has 1 heterocycles. The van der Waals surface area contributed by atoms with E-state index in [9.17, 15) is 0 Å². The van der Waals surface area contributed by atoms with Crippen LogP contribution < -0.4 is 0 Å². The largest absolute Gasteiger partial charge is 0.355 e. The summed E-state index contributed by atoms with van der Waals surface area (Å²) >= 11 is 0. The van der Waals surface area contributed by atoms with Gasteiger partial charge in [0.05, 0.1) is 0 Å². The van der Waals surface area contributed by atoms with Crippen LogP contribution in [0.25, 0.3) is 0 Å². The van der Waals surface area contributed by atoms with Crippen LogP contribution in [0.3, 0.4) is 0 Å². The summed E-state index contributed by atoms with van der Waals surface area (Å²) in [7, 11) is 2.09. The lowest BCUT2D eigenvalue weighted by molar-refractivity contribution is 0.224. The molecule has 0 aromatic heterocycles. The van der Waals surface area contributed by atoms with Gasteiger partial charge in [-0.2, -0.15) is 0 Å². The average Bonchev–Trinajstić information content (AvgIpc) is 2.03. The van der Waals surface area contributed by atoms with Crippen molar-refractivity contribution in [3.8, 4) is 0 Å². The summed E-state index contributed by atoms with van der Waals surface area (Å²) in [5.41, 5.74) is 0.167. The third kappa shape index (κ3) is 2.10. The fraction of sp³-hybridized carbons (Fsp3) is 0.700. The molecule has 12 heavy (non-hydrogen) atoms. The molecule has 0 atom stereocenters. The Morgan fingerprint density at radius 2 is 2.00 bits per heavy atom. The van der Waals surface area contributed by atoms with Crippen LogP contribution in [0.15, 0.2) is 16.9 Å². The smallest absolute Gasteiger partial charge is 0.124 e. The summed E-state index contributed by atoms with van der Waals surface area (Å²) in [6.45, 7) is 6.58. The molecule has 0 aromatic carbocycles. The van der Waals surface area contributed by atoms with Crippen molar-refractivity contribution in [1.29, 1.82) is 0 Å². The first kappa shape index (κ1) is 9.30. The fourth-order valence-corrected chi connectivity index (χ4v) is 1.06. The highest BCUT2D eigenvalue weighted by Gasteiger charge is 2.19. The van der Waals surface area contributed by atoms with Crippen molar-refractivity contribution in [1.82, 2.24) is 4.90 Å². The monoisotopic (exact) mass is 166 g/mol. The summed E-state index contributed by atoms with van der Waals surface area (Å²) in [5.74, 6) is 1.11. The molecular weight excluding hydrogens is 148 g/mol. The van der Waals surface area contributed by atoms with Crippen LogP contribution in [0.2, 0.25) is 0 Å². The third-order valence-electron chi connectivity index (χ3n) is 2.20. The molecule has 0 bridgehead atoms. The van der Waals surface area contributed by atoms with E-state index >= 15 is 0 Å². The molecular formula is C10H18N2. The van der Waals surface area contributed by atoms with Crippen molar-refractivity contribution >= 4 is 6.21 Å². The van der Waals surface area contributed by atoms with Crippen LogP contribution in [-0.4, -0.2) is 23.7 Å². The topological polar surface area (TPSA) is 15.6 Å². The normalized spacial score (nSPS) is 17.5. The number of nitrogens with zero attached hydrogens (tertiary/aromatic N) is 2. The van der Waals surface area contributed by atoms with Crippen molar-refractivity contribution in [3.63, 3.8) is 0 Å². The van der Waals surface area contributed by atoms with Crippen molar-refractivity contribution in [2.75, 3.05) is 7.05 Å². The summed E-state index contributed by atoms with van der Waals surface area (Å²) in [6.07, 6.45) is 6.41. The van der Waals surface area contributed by atoms with Crippen molar-refractivity contribution in [2.45, 2.75) is 39.2 Å². The Morgan fingerprint density at radius 3 is 2.42 bits per heavy atom. The SMILES string of the molecule is CN(C1=CCCC=N1)C(C)(C)C. The van der Waals surface area contributed by atoms with E-state index in [2.05, 4.69) is 43.8 Å². The van der Waals surface area contributed by atoms with Crippen molar-refractivity contribution < 1.29 is 0 Å². The number of hydrogen-bond acceptors (Lipinski definition) is 2. The maximum atomic E-state index is 4.36. The molecule has 68 valence electrons. The molecule has 0 saturated heterocycles. The van der Waals surface area contributed by atoms with Crippen LogP contribution in [0, 0.1) is 0 Å². The maximum Gasteiger partial charge on any atom is 0.124 e. The molecule has 0 aliphatic carbocycles. The first-order chi connectivity index (χ1) is 5.52. The highest BCUT2D eigenvalue weighted by Crippen LogP contribution is 2.19. The predicted octanol–water partition coefficient (Wildman–Crippen LogP) is 2.42. The van der Waals surface area contributed by atoms with Crippen LogP contribution >= 0.6 is 0 Å². The lowest BCUT2D eigenvalue weighted by Crippen LogP contribution is -2.37. The molecule has 2 heteroatoms. The van der Waals surface area contributed by atoms with E-state index in [1.165, 1.54) is 0 Å². The van der Waals surface area contributed by atoms with Crippen LogP contribution in [0.5, 0.6) is 0 Å². The first-order valence-corrected chi connectivity index (χ1v) is 4.48. The van der Waals surface area contributed by atoms with Gasteiger partial charge < -0.3 is 4.90 Å². The number of allylic oxidation sites excluding steroid dienone is 1. The number of rotatable bonds is 1. The summed E-state index contributed by atoms with van der Waals surface area (Å²) in [4.78, 5) is 6.57. The summed E-state index contributed by atoms with van der Waals surface area (Å²) in [5, 5.41) is 0. The van der Waals surface area contributed by atoms with Gasteiger partial charge in [-0.25, -0.2) is 4.99 Å². The lowest BCUT2D eigenvalue weighted by atomic mass is 10.1. The van der Waals surface area contributed by atoms with Crippen molar-refractivity contribution in [3.05, 3.63) is 11.9 Å². The Balaban J connectivity index is 2.70. The zero-order valence-corrected chi connectivity index (χ0v) is 8.46. The zero-order valence-electron chi connectivity index (χ0n) is 8.46. The summed E-state index contributed by atoms with van der Waals surface area (Å²) < 4.78 is 0. The summed E-state index contributed by atoms with van der Waals surface area (Å²) in [6, 6.07) is 0. The minimum atomic E-state index is 0.167. The van der Waals surface area contributed by atoms with E-state index in [-0.39, 0.29) is 5.54 Å². The molecule has 0 spiro atoms. The molecule has 0 fully saturated rings. The molecule has 0 aromatic rings. The molecule has 1 aliphatic heterocycles. The van der Waals surface area contributed by atoms with Crippen LogP contribution in [0.4, 0.5) is 0 Å². The lowest BCUT2D eigenvalue weighted by Gasteiger charge is -2.34. The first-order valence-electron chi connectivity index (χ1n) is 4.48. The molecule has 0 radical (unpaired) electrons. The molecule has 0 N–H and O–H groups in total. The number of hydrogen-bond donors (Lipinski definition) is 0. The molecule has 0 amide bonds. The van der Waals surface area contributed by atoms with Gasteiger partial charge in [0.2, 0.25) is 0 Å². The fourth-order valence-electron chi connectivity index (χ4n) is 1.06. The minimum absolute atomic E-state index is 0.167. The Labute approximate surface area is 75.0 Å². The Bertz CT molecular complexity index is 208. The second-order valence-electron chi connectivity index (χ2n) is 4.18. The standard InChI is InChI=1S/C10H18N2/c1-10(2,3)12(4)9-7-5-6-8-11-9/h7-8H,5-6H2,1-4H3. The van der Waals surface area contributed by atoms with Crippen molar-refractivity contribution in [2.24, 2.45) is 4.99 Å². The minimum Gasteiger partial charge on any atom is -0.355 e. The Morgan fingerprint density at radius 1 is 1.33 bits per heavy atom. The van der Waals surface area contributed by atoms with Gasteiger partial charge >= 0.3 is 0 Å². The number of aliphatic imine (C=N–C) groups is 1. The van der Waals surface area contributed by atoms with E-state index in [1.54, 1.807) is 0 Å². The van der Waals surface area contributed by atoms with Gasteiger partial charge in [-0.3, -0.25) is 0 Å². The van der Waals surface area contributed by atoms with Gasteiger partial charge in [0.25, 0.3) is 0 Å². The van der Waals surface area contributed by atoms with Gasteiger partial charge in [0, 0.05) is 18.8 Å². The zero-order chi connectivity index (χ0) is 9.19. The van der Waals surface area contributed by atoms with E-state index < -0.39 is 0 Å². The molecule has 0 saturated carbocycles. The second-order valence-corrected chi connectivity index (χ2v) is 4.18. The van der Waals surface area contributed by atoms with E-state index in [1.807, 2.05) is 6.21 Å². The Hall–Kier alpha value is -0.790. The van der Waals surface area contributed by atoms with Gasteiger partial charge in [0.15, 0.2) is 0 Å². The molecule has 1 aliphatic rings. The average molecular weight is 166 g/mol. The van der Waals surface area contributed by atoms with E-state index in [0.717, 1.165) is 18.7 Å². The van der Waals surface area contributed by atoms with Gasteiger partial charge in [-0.1, -0.05) is 0 Å². The van der Waals surface area contributed by atoms with Crippen LogP contribution in [-0.2, 0) is 0 Å². The highest BCUT2D eigenvalue weighted by molar-refractivity contribution is 5.60. The van der Waals surface area contributed by atoms with Gasteiger partial charge in [-0.15, -0.1) is 0 Å². The predicted molar refractivity (Wildman–Crippen MR) is 53.3 cm³/mol. The van der Waals surface area contributed by atoms with E-state index in [4.69, 9.17) is 0 Å². The molecule has 2 nitrogen and oxygen atoms in total. The molecule has 1 rings (SSSR count). The highest BCUT2D eigenvalue weighted by atomic mass is 15.2. The second kappa shape index (κ2) is 3.30. The molecule has 0 unspecified atom stereocenters. The van der Waals surface area contributed by atoms with E-state index in [0.29, 0.717) is 0 Å². The van der Waals surface area contributed by atoms with Crippen LogP contribution in [0.1, 0.15) is 33.6 Å². The maximum absolute atomic E-state index is 4.36. The quantitative estimate of drug-likeness (QED) is 0.584. The Kier molecular flexibility index (Phi) is 2.55.